The normalized spacial score (nSPS) is 29.4. The molecule has 0 spiro atoms. The predicted octanol–water partition coefficient (Wildman–Crippen LogP) is 3.38. The van der Waals surface area contributed by atoms with Crippen LogP contribution in [0.2, 0.25) is 0 Å². The SMILES string of the molecule is C[C@H]1CN(Cc2ccccc2)CC[C@H]1N1CCCCC1. The van der Waals surface area contributed by atoms with Crippen molar-refractivity contribution in [2.24, 2.45) is 5.92 Å². The van der Waals surface area contributed by atoms with E-state index in [4.69, 9.17) is 0 Å². The van der Waals surface area contributed by atoms with Crippen LogP contribution in [0.3, 0.4) is 0 Å². The van der Waals surface area contributed by atoms with Gasteiger partial charge in [0.25, 0.3) is 0 Å². The number of nitrogens with zero attached hydrogens (tertiary/aromatic N) is 2. The number of benzene rings is 1. The van der Waals surface area contributed by atoms with Crippen molar-refractivity contribution in [1.29, 1.82) is 0 Å². The molecule has 1 aromatic rings. The van der Waals surface area contributed by atoms with Gasteiger partial charge in [0.1, 0.15) is 0 Å². The molecule has 2 aliphatic heterocycles. The Kier molecular flexibility index (Phi) is 4.74. The van der Waals surface area contributed by atoms with Gasteiger partial charge in [-0.25, -0.2) is 0 Å². The van der Waals surface area contributed by atoms with Gasteiger partial charge in [-0.3, -0.25) is 4.90 Å². The maximum Gasteiger partial charge on any atom is 0.0233 e. The summed E-state index contributed by atoms with van der Waals surface area (Å²) in [5, 5.41) is 0. The third-order valence-corrected chi connectivity index (χ3v) is 5.05. The average Bonchev–Trinajstić information content (AvgIpc) is 2.49. The van der Waals surface area contributed by atoms with Crippen LogP contribution in [0, 0.1) is 5.92 Å². The van der Waals surface area contributed by atoms with Crippen LogP contribution in [0.5, 0.6) is 0 Å². The fourth-order valence-corrected chi connectivity index (χ4v) is 4.00. The highest BCUT2D eigenvalue weighted by atomic mass is 15.2. The second-order valence-corrected chi connectivity index (χ2v) is 6.65. The highest BCUT2D eigenvalue weighted by Gasteiger charge is 2.30. The van der Waals surface area contributed by atoms with E-state index in [1.54, 1.807) is 0 Å². The zero-order valence-electron chi connectivity index (χ0n) is 12.8. The number of hydrogen-bond donors (Lipinski definition) is 0. The quantitative estimate of drug-likeness (QED) is 0.832. The summed E-state index contributed by atoms with van der Waals surface area (Å²) in [4.78, 5) is 5.41. The summed E-state index contributed by atoms with van der Waals surface area (Å²) in [7, 11) is 0. The van der Waals surface area contributed by atoms with Gasteiger partial charge < -0.3 is 4.90 Å². The number of rotatable bonds is 3. The summed E-state index contributed by atoms with van der Waals surface area (Å²) in [5.41, 5.74) is 1.45. The minimum absolute atomic E-state index is 0.811. The maximum absolute atomic E-state index is 2.77. The van der Waals surface area contributed by atoms with Gasteiger partial charge in [-0.15, -0.1) is 0 Å². The molecule has 0 amide bonds. The van der Waals surface area contributed by atoms with Crippen molar-refractivity contribution in [3.05, 3.63) is 35.9 Å². The van der Waals surface area contributed by atoms with Gasteiger partial charge in [0.2, 0.25) is 0 Å². The molecule has 2 heteroatoms. The summed E-state index contributed by atoms with van der Waals surface area (Å²) >= 11 is 0. The monoisotopic (exact) mass is 272 g/mol. The highest BCUT2D eigenvalue weighted by molar-refractivity contribution is 5.14. The molecule has 0 radical (unpaired) electrons. The summed E-state index contributed by atoms with van der Waals surface area (Å²) in [6.07, 6.45) is 5.62. The Balaban J connectivity index is 1.53. The summed E-state index contributed by atoms with van der Waals surface area (Å²) in [6, 6.07) is 11.7. The Morgan fingerprint density at radius 1 is 1.00 bits per heavy atom. The van der Waals surface area contributed by atoms with E-state index in [9.17, 15) is 0 Å². The Hall–Kier alpha value is -0.860. The van der Waals surface area contributed by atoms with Crippen LogP contribution in [0.15, 0.2) is 30.3 Å². The molecule has 0 unspecified atom stereocenters. The predicted molar refractivity (Wildman–Crippen MR) is 84.7 cm³/mol. The van der Waals surface area contributed by atoms with Gasteiger partial charge in [0, 0.05) is 19.1 Å². The zero-order valence-corrected chi connectivity index (χ0v) is 12.8. The van der Waals surface area contributed by atoms with E-state index >= 15 is 0 Å². The first-order valence-electron chi connectivity index (χ1n) is 8.33. The van der Waals surface area contributed by atoms with Crippen LogP contribution in [-0.4, -0.2) is 42.0 Å². The van der Waals surface area contributed by atoms with E-state index in [0.717, 1.165) is 18.5 Å². The molecule has 1 aromatic carbocycles. The van der Waals surface area contributed by atoms with E-state index in [1.165, 1.54) is 57.4 Å². The van der Waals surface area contributed by atoms with Gasteiger partial charge in [0.05, 0.1) is 0 Å². The zero-order chi connectivity index (χ0) is 13.8. The lowest BCUT2D eigenvalue weighted by atomic mass is 9.90. The largest absolute Gasteiger partial charge is 0.300 e. The second-order valence-electron chi connectivity index (χ2n) is 6.65. The molecule has 20 heavy (non-hydrogen) atoms. The molecule has 0 N–H and O–H groups in total. The number of hydrogen-bond acceptors (Lipinski definition) is 2. The molecule has 0 aliphatic carbocycles. The summed E-state index contributed by atoms with van der Waals surface area (Å²) in [5.74, 6) is 0.811. The molecule has 2 aliphatic rings. The molecule has 3 rings (SSSR count). The van der Waals surface area contributed by atoms with Crippen LogP contribution in [-0.2, 0) is 6.54 Å². The molecule has 2 atom stereocenters. The van der Waals surface area contributed by atoms with Crippen molar-refractivity contribution >= 4 is 0 Å². The van der Waals surface area contributed by atoms with Gasteiger partial charge in [-0.05, 0) is 50.4 Å². The van der Waals surface area contributed by atoms with Gasteiger partial charge >= 0.3 is 0 Å². The van der Waals surface area contributed by atoms with Gasteiger partial charge in [-0.2, -0.15) is 0 Å². The van der Waals surface area contributed by atoms with Gasteiger partial charge in [0.15, 0.2) is 0 Å². The number of piperidine rings is 2. The molecule has 2 nitrogen and oxygen atoms in total. The van der Waals surface area contributed by atoms with E-state index < -0.39 is 0 Å². The first kappa shape index (κ1) is 14.1. The number of likely N-dealkylation sites (tertiary alicyclic amines) is 2. The van der Waals surface area contributed by atoms with Crippen molar-refractivity contribution in [1.82, 2.24) is 9.80 Å². The average molecular weight is 272 g/mol. The Bertz CT molecular complexity index is 397. The molecule has 0 bridgehead atoms. The van der Waals surface area contributed by atoms with Crippen LogP contribution in [0.1, 0.15) is 38.2 Å². The van der Waals surface area contributed by atoms with E-state index in [1.807, 2.05) is 0 Å². The lowest BCUT2D eigenvalue weighted by molar-refractivity contribution is 0.0490. The first-order chi connectivity index (χ1) is 9.83. The molecule has 0 aromatic heterocycles. The van der Waals surface area contributed by atoms with Crippen LogP contribution < -0.4 is 0 Å². The van der Waals surface area contributed by atoms with Crippen LogP contribution >= 0.6 is 0 Å². The van der Waals surface area contributed by atoms with Crippen molar-refractivity contribution in [3.63, 3.8) is 0 Å². The standard InChI is InChI=1S/C18H28N2/c1-16-14-19(15-17-8-4-2-5-9-17)13-10-18(16)20-11-6-3-7-12-20/h2,4-5,8-9,16,18H,3,6-7,10-15H2,1H3/t16-,18+/m0/s1. The lowest BCUT2D eigenvalue weighted by Gasteiger charge is -2.44. The fourth-order valence-electron chi connectivity index (χ4n) is 4.00. The fraction of sp³-hybridized carbons (Fsp3) is 0.667. The van der Waals surface area contributed by atoms with Crippen molar-refractivity contribution in [3.8, 4) is 0 Å². The van der Waals surface area contributed by atoms with E-state index in [0.29, 0.717) is 0 Å². The topological polar surface area (TPSA) is 6.48 Å². The van der Waals surface area contributed by atoms with Crippen molar-refractivity contribution in [2.45, 2.75) is 45.2 Å². The smallest absolute Gasteiger partial charge is 0.0233 e. The molecule has 2 heterocycles. The van der Waals surface area contributed by atoms with Gasteiger partial charge in [-0.1, -0.05) is 43.7 Å². The molecular formula is C18H28N2. The summed E-state index contributed by atoms with van der Waals surface area (Å²) < 4.78 is 0. The summed E-state index contributed by atoms with van der Waals surface area (Å²) in [6.45, 7) is 8.78. The minimum atomic E-state index is 0.811. The Morgan fingerprint density at radius 2 is 1.75 bits per heavy atom. The van der Waals surface area contributed by atoms with Crippen molar-refractivity contribution in [2.75, 3.05) is 26.2 Å². The van der Waals surface area contributed by atoms with E-state index in [2.05, 4.69) is 47.1 Å². The Labute approximate surface area is 123 Å². The Morgan fingerprint density at radius 3 is 2.45 bits per heavy atom. The van der Waals surface area contributed by atoms with Crippen LogP contribution in [0.4, 0.5) is 0 Å². The maximum atomic E-state index is 2.77. The lowest BCUT2D eigenvalue weighted by Crippen LogP contribution is -2.51. The molecule has 2 saturated heterocycles. The third-order valence-electron chi connectivity index (χ3n) is 5.05. The first-order valence-corrected chi connectivity index (χ1v) is 8.33. The molecular weight excluding hydrogens is 244 g/mol. The molecule has 110 valence electrons. The molecule has 0 saturated carbocycles. The van der Waals surface area contributed by atoms with Crippen molar-refractivity contribution < 1.29 is 0 Å². The van der Waals surface area contributed by atoms with Crippen LogP contribution in [0.25, 0.3) is 0 Å². The third kappa shape index (κ3) is 3.42. The minimum Gasteiger partial charge on any atom is -0.300 e. The second kappa shape index (κ2) is 6.73. The highest BCUT2D eigenvalue weighted by Crippen LogP contribution is 2.25. The molecule has 2 fully saturated rings. The van der Waals surface area contributed by atoms with E-state index in [-0.39, 0.29) is 0 Å².